The predicted octanol–water partition coefficient (Wildman–Crippen LogP) is 3.45. The average molecular weight is 325 g/mol. The first-order chi connectivity index (χ1) is 9.64. The molecular formula is C12H12ClF3N2O3. The van der Waals surface area contributed by atoms with E-state index in [1.54, 1.807) is 0 Å². The van der Waals surface area contributed by atoms with Gasteiger partial charge >= 0.3 is 18.2 Å². The number of nitrogens with one attached hydrogen (secondary N) is 1. The third kappa shape index (κ3) is 5.14. The maximum Gasteiger partial charge on any atom is 0.406 e. The molecule has 1 aromatic rings. The zero-order valence-electron chi connectivity index (χ0n) is 10.9. The Labute approximate surface area is 123 Å². The Kier molecular flexibility index (Phi) is 5.42. The molecule has 0 heterocycles. The van der Waals surface area contributed by atoms with Gasteiger partial charge in [-0.3, -0.25) is 0 Å². The highest BCUT2D eigenvalue weighted by Gasteiger charge is 2.32. The van der Waals surface area contributed by atoms with Crippen molar-refractivity contribution in [1.82, 2.24) is 4.90 Å². The number of urea groups is 1. The summed E-state index contributed by atoms with van der Waals surface area (Å²) in [6.45, 7) is -0.224. The van der Waals surface area contributed by atoms with Crippen LogP contribution in [0.15, 0.2) is 18.2 Å². The largest absolute Gasteiger partial charge is 0.478 e. The maximum atomic E-state index is 12.3. The van der Waals surface area contributed by atoms with Crippen LogP contribution in [0.25, 0.3) is 0 Å². The van der Waals surface area contributed by atoms with Crippen LogP contribution in [0.2, 0.25) is 5.02 Å². The molecule has 0 saturated carbocycles. The Morgan fingerprint density at radius 2 is 2.00 bits per heavy atom. The number of carboxylic acids is 1. The molecule has 116 valence electrons. The van der Waals surface area contributed by atoms with Crippen LogP contribution in [0.4, 0.5) is 23.7 Å². The number of nitrogens with zero attached hydrogens (tertiary/aromatic N) is 1. The summed E-state index contributed by atoms with van der Waals surface area (Å²) < 4.78 is 37.0. The quantitative estimate of drug-likeness (QED) is 0.891. The number of halogens is 4. The fraction of sp³-hybridized carbons (Fsp3) is 0.333. The fourth-order valence-corrected chi connectivity index (χ4v) is 1.71. The first kappa shape index (κ1) is 17.1. The topological polar surface area (TPSA) is 69.6 Å². The van der Waals surface area contributed by atoms with Crippen molar-refractivity contribution in [3.63, 3.8) is 0 Å². The molecule has 0 unspecified atom stereocenters. The number of carbonyl (C=O) groups is 2. The summed E-state index contributed by atoms with van der Waals surface area (Å²) in [4.78, 5) is 23.3. The lowest BCUT2D eigenvalue weighted by atomic mass is 10.2. The van der Waals surface area contributed by atoms with Crippen LogP contribution < -0.4 is 5.32 Å². The van der Waals surface area contributed by atoms with Gasteiger partial charge in [-0.1, -0.05) is 11.6 Å². The molecule has 1 rings (SSSR count). The van der Waals surface area contributed by atoms with E-state index in [0.29, 0.717) is 4.90 Å². The molecule has 9 heteroatoms. The molecule has 0 radical (unpaired) electrons. The van der Waals surface area contributed by atoms with E-state index in [-0.39, 0.29) is 22.8 Å². The van der Waals surface area contributed by atoms with Gasteiger partial charge in [0.2, 0.25) is 0 Å². The van der Waals surface area contributed by atoms with Crippen molar-refractivity contribution in [2.24, 2.45) is 0 Å². The summed E-state index contributed by atoms with van der Waals surface area (Å²) in [7, 11) is 0. The minimum Gasteiger partial charge on any atom is -0.478 e. The highest BCUT2D eigenvalue weighted by molar-refractivity contribution is 6.31. The number of benzene rings is 1. The predicted molar refractivity (Wildman–Crippen MR) is 70.7 cm³/mol. The highest BCUT2D eigenvalue weighted by Crippen LogP contribution is 2.22. The van der Waals surface area contributed by atoms with Gasteiger partial charge in [0.25, 0.3) is 0 Å². The van der Waals surface area contributed by atoms with E-state index in [0.717, 1.165) is 6.07 Å². The first-order valence-corrected chi connectivity index (χ1v) is 6.17. The molecule has 0 aliphatic carbocycles. The van der Waals surface area contributed by atoms with E-state index in [9.17, 15) is 22.8 Å². The summed E-state index contributed by atoms with van der Waals surface area (Å²) in [5.41, 5.74) is -0.434. The Balaban J connectivity index is 2.94. The number of hydrogen-bond acceptors (Lipinski definition) is 2. The van der Waals surface area contributed by atoms with Gasteiger partial charge < -0.3 is 15.3 Å². The zero-order chi connectivity index (χ0) is 16.2. The molecule has 0 bridgehead atoms. The minimum atomic E-state index is -4.54. The number of carboxylic acid groups (broad SMARTS) is 1. The Bertz CT molecular complexity index is 549. The number of aromatic carboxylic acids is 1. The van der Waals surface area contributed by atoms with Crippen molar-refractivity contribution in [3.05, 3.63) is 28.8 Å². The second kappa shape index (κ2) is 6.66. The van der Waals surface area contributed by atoms with Gasteiger partial charge in [0.1, 0.15) is 6.54 Å². The second-order valence-electron chi connectivity index (χ2n) is 4.05. The van der Waals surface area contributed by atoms with Gasteiger partial charge in [0, 0.05) is 11.6 Å². The van der Waals surface area contributed by atoms with Crippen molar-refractivity contribution in [3.8, 4) is 0 Å². The van der Waals surface area contributed by atoms with E-state index < -0.39 is 24.7 Å². The molecule has 2 N–H and O–H groups in total. The molecule has 0 aromatic heterocycles. The van der Waals surface area contributed by atoms with Crippen LogP contribution in [-0.4, -0.2) is 41.3 Å². The third-order valence-electron chi connectivity index (χ3n) is 2.49. The van der Waals surface area contributed by atoms with E-state index >= 15 is 0 Å². The van der Waals surface area contributed by atoms with Gasteiger partial charge in [-0.25, -0.2) is 9.59 Å². The lowest BCUT2D eigenvalue weighted by Gasteiger charge is -2.23. The van der Waals surface area contributed by atoms with Crippen LogP contribution in [0.3, 0.4) is 0 Å². The summed E-state index contributed by atoms with van der Waals surface area (Å²) in [5.74, 6) is -1.35. The monoisotopic (exact) mass is 324 g/mol. The summed E-state index contributed by atoms with van der Waals surface area (Å²) >= 11 is 5.64. The number of rotatable bonds is 4. The van der Waals surface area contributed by atoms with E-state index in [2.05, 4.69) is 5.32 Å². The molecule has 1 aromatic carbocycles. The molecule has 5 nitrogen and oxygen atoms in total. The van der Waals surface area contributed by atoms with E-state index in [1.165, 1.54) is 19.1 Å². The standard InChI is InChI=1S/C12H12ClF3N2O3/c1-2-18(6-12(14,15)16)11(21)17-9-4-3-7(13)5-8(9)10(19)20/h3-5H,2,6H2,1H3,(H,17,21)(H,19,20). The van der Waals surface area contributed by atoms with Crippen LogP contribution >= 0.6 is 11.6 Å². The molecule has 0 spiro atoms. The number of hydrogen-bond donors (Lipinski definition) is 2. The SMILES string of the molecule is CCN(CC(F)(F)F)C(=O)Nc1ccc(Cl)cc1C(=O)O. The normalized spacial score (nSPS) is 11.1. The van der Waals surface area contributed by atoms with Gasteiger partial charge in [-0.2, -0.15) is 13.2 Å². The van der Waals surface area contributed by atoms with Gasteiger partial charge in [0.05, 0.1) is 11.3 Å². The third-order valence-corrected chi connectivity index (χ3v) is 2.73. The van der Waals surface area contributed by atoms with Gasteiger partial charge in [-0.05, 0) is 25.1 Å². The number of carbonyl (C=O) groups excluding carboxylic acids is 1. The second-order valence-corrected chi connectivity index (χ2v) is 4.49. The molecule has 2 amide bonds. The van der Waals surface area contributed by atoms with Crippen molar-refractivity contribution in [2.45, 2.75) is 13.1 Å². The average Bonchev–Trinajstić information content (AvgIpc) is 2.36. The minimum absolute atomic E-state index is 0.127. The Morgan fingerprint density at radius 1 is 1.38 bits per heavy atom. The number of alkyl halides is 3. The summed E-state index contributed by atoms with van der Waals surface area (Å²) in [6.07, 6.45) is -4.54. The van der Waals surface area contributed by atoms with E-state index in [4.69, 9.17) is 16.7 Å². The van der Waals surface area contributed by atoms with Crippen LogP contribution in [0.1, 0.15) is 17.3 Å². The zero-order valence-corrected chi connectivity index (χ0v) is 11.6. The van der Waals surface area contributed by atoms with Crippen LogP contribution in [0.5, 0.6) is 0 Å². The summed E-state index contributed by atoms with van der Waals surface area (Å²) in [5, 5.41) is 11.3. The molecule has 0 aliphatic rings. The van der Waals surface area contributed by atoms with Crippen LogP contribution in [-0.2, 0) is 0 Å². The highest BCUT2D eigenvalue weighted by atomic mass is 35.5. The lowest BCUT2D eigenvalue weighted by Crippen LogP contribution is -2.41. The number of anilines is 1. The maximum absolute atomic E-state index is 12.3. The van der Waals surface area contributed by atoms with Crippen molar-refractivity contribution in [1.29, 1.82) is 0 Å². The van der Waals surface area contributed by atoms with Crippen LogP contribution in [0, 0.1) is 0 Å². The Hall–Kier alpha value is -1.96. The van der Waals surface area contributed by atoms with Crippen molar-refractivity contribution >= 4 is 29.3 Å². The van der Waals surface area contributed by atoms with Crippen molar-refractivity contribution < 1.29 is 27.9 Å². The first-order valence-electron chi connectivity index (χ1n) is 5.79. The molecule has 0 aliphatic heterocycles. The molecule has 0 atom stereocenters. The fourth-order valence-electron chi connectivity index (χ4n) is 1.54. The summed E-state index contributed by atoms with van der Waals surface area (Å²) in [6, 6.07) is 2.59. The number of amides is 2. The van der Waals surface area contributed by atoms with E-state index in [1.807, 2.05) is 0 Å². The van der Waals surface area contributed by atoms with Gasteiger partial charge in [-0.15, -0.1) is 0 Å². The molecular weight excluding hydrogens is 313 g/mol. The molecule has 0 fully saturated rings. The van der Waals surface area contributed by atoms with Crippen molar-refractivity contribution in [2.75, 3.05) is 18.4 Å². The lowest BCUT2D eigenvalue weighted by molar-refractivity contribution is -0.139. The van der Waals surface area contributed by atoms with Gasteiger partial charge in [0.15, 0.2) is 0 Å². The Morgan fingerprint density at radius 3 is 2.48 bits per heavy atom. The molecule has 0 saturated heterocycles. The molecule has 21 heavy (non-hydrogen) atoms. The smallest absolute Gasteiger partial charge is 0.406 e.